The first-order chi connectivity index (χ1) is 13.8. The lowest BCUT2D eigenvalue weighted by molar-refractivity contribution is -0.141. The van der Waals surface area contributed by atoms with Gasteiger partial charge in [0.1, 0.15) is 6.54 Å². The number of rotatable bonds is 6. The highest BCUT2D eigenvalue weighted by atomic mass is 19.4. The molecule has 3 amide bonds. The van der Waals surface area contributed by atoms with E-state index in [9.17, 15) is 22.8 Å². The average molecular weight is 411 g/mol. The molecule has 1 aliphatic rings. The van der Waals surface area contributed by atoms with Crippen LogP contribution < -0.4 is 16.0 Å². The van der Waals surface area contributed by atoms with E-state index in [1.807, 2.05) is 0 Å². The predicted molar refractivity (Wildman–Crippen MR) is 98.3 cm³/mol. The van der Waals surface area contributed by atoms with Gasteiger partial charge in [-0.3, -0.25) is 9.48 Å². The Labute approximate surface area is 164 Å². The van der Waals surface area contributed by atoms with Crippen LogP contribution >= 0.6 is 0 Å². The Balaban J connectivity index is 1.45. The number of nitrogens with zero attached hydrogens (tertiary/aromatic N) is 2. The topological polar surface area (TPSA) is 97.3 Å². The van der Waals surface area contributed by atoms with Gasteiger partial charge >= 0.3 is 12.2 Å². The quantitative estimate of drug-likeness (QED) is 0.681. The highest BCUT2D eigenvalue weighted by Crippen LogP contribution is 2.27. The summed E-state index contributed by atoms with van der Waals surface area (Å²) in [6.07, 6.45) is -1.51. The number of anilines is 2. The van der Waals surface area contributed by atoms with Gasteiger partial charge in [-0.25, -0.2) is 4.79 Å². The molecule has 1 saturated heterocycles. The molecule has 2 aromatic rings. The van der Waals surface area contributed by atoms with Crippen LogP contribution in [-0.2, 0) is 22.3 Å². The van der Waals surface area contributed by atoms with Crippen molar-refractivity contribution >= 4 is 23.3 Å². The smallest absolute Gasteiger partial charge is 0.376 e. The number of alkyl halides is 3. The average Bonchev–Trinajstić information content (AvgIpc) is 3.33. The molecule has 8 nitrogen and oxygen atoms in total. The number of urea groups is 1. The number of ether oxygens (including phenoxy) is 1. The number of benzene rings is 1. The van der Waals surface area contributed by atoms with Gasteiger partial charge in [0.2, 0.25) is 5.91 Å². The second-order valence-corrected chi connectivity index (χ2v) is 6.49. The molecule has 1 aromatic heterocycles. The number of nitrogens with one attached hydrogen (secondary N) is 3. The summed E-state index contributed by atoms with van der Waals surface area (Å²) in [4.78, 5) is 23.8. The molecule has 0 aliphatic carbocycles. The number of amides is 3. The van der Waals surface area contributed by atoms with Crippen molar-refractivity contribution in [3.8, 4) is 0 Å². The molecular formula is C18H20F3N5O3. The fourth-order valence-corrected chi connectivity index (χ4v) is 2.77. The Morgan fingerprint density at radius 1 is 1.14 bits per heavy atom. The van der Waals surface area contributed by atoms with Crippen molar-refractivity contribution in [2.45, 2.75) is 31.7 Å². The van der Waals surface area contributed by atoms with Gasteiger partial charge in [0.25, 0.3) is 0 Å². The molecule has 0 bridgehead atoms. The van der Waals surface area contributed by atoms with Crippen molar-refractivity contribution in [1.82, 2.24) is 15.1 Å². The van der Waals surface area contributed by atoms with E-state index in [1.54, 1.807) is 24.3 Å². The van der Waals surface area contributed by atoms with Crippen molar-refractivity contribution in [1.29, 1.82) is 0 Å². The minimum atomic E-state index is -4.55. The molecule has 1 aliphatic heterocycles. The van der Waals surface area contributed by atoms with E-state index < -0.39 is 17.8 Å². The van der Waals surface area contributed by atoms with Gasteiger partial charge in [-0.2, -0.15) is 18.3 Å². The van der Waals surface area contributed by atoms with Gasteiger partial charge in [0.05, 0.1) is 6.10 Å². The summed E-state index contributed by atoms with van der Waals surface area (Å²) in [6, 6.07) is 6.76. The van der Waals surface area contributed by atoms with Gasteiger partial charge in [-0.1, -0.05) is 0 Å². The molecule has 11 heteroatoms. The summed E-state index contributed by atoms with van der Waals surface area (Å²) < 4.78 is 43.9. The molecule has 1 unspecified atom stereocenters. The largest absolute Gasteiger partial charge is 0.435 e. The molecular weight excluding hydrogens is 391 g/mol. The summed E-state index contributed by atoms with van der Waals surface area (Å²) in [5.74, 6) is -0.531. The summed E-state index contributed by atoms with van der Waals surface area (Å²) in [5, 5.41) is 11.3. The maximum atomic E-state index is 12.5. The first kappa shape index (κ1) is 20.6. The van der Waals surface area contributed by atoms with E-state index in [-0.39, 0.29) is 18.7 Å². The maximum Gasteiger partial charge on any atom is 0.435 e. The van der Waals surface area contributed by atoms with Crippen LogP contribution in [0, 0.1) is 0 Å². The van der Waals surface area contributed by atoms with E-state index in [4.69, 9.17) is 4.74 Å². The van der Waals surface area contributed by atoms with Crippen LogP contribution in [0.1, 0.15) is 18.5 Å². The highest BCUT2D eigenvalue weighted by molar-refractivity contribution is 5.92. The van der Waals surface area contributed by atoms with Crippen LogP contribution in [0.3, 0.4) is 0 Å². The highest BCUT2D eigenvalue weighted by Gasteiger charge is 2.33. The number of hydrogen-bond donors (Lipinski definition) is 3. The van der Waals surface area contributed by atoms with Gasteiger partial charge in [-0.05, 0) is 43.2 Å². The standard InChI is InChI=1S/C18H20F3N5O3/c19-18(20,21)15-7-8-26(25-15)11-16(27)23-12-3-5-13(6-4-12)24-17(28)22-10-14-2-1-9-29-14/h3-8,14H,1-2,9-11H2,(H,23,27)(H2,22,24,28). The van der Waals surface area contributed by atoms with Crippen molar-refractivity contribution in [2.75, 3.05) is 23.8 Å². The molecule has 2 heterocycles. The molecule has 1 fully saturated rings. The summed E-state index contributed by atoms with van der Waals surface area (Å²) in [7, 11) is 0. The second-order valence-electron chi connectivity index (χ2n) is 6.49. The molecule has 156 valence electrons. The molecule has 3 rings (SSSR count). The Bertz CT molecular complexity index is 845. The molecule has 1 atom stereocenters. The van der Waals surface area contributed by atoms with E-state index in [0.717, 1.165) is 29.8 Å². The van der Waals surface area contributed by atoms with Gasteiger partial charge in [0, 0.05) is 30.7 Å². The van der Waals surface area contributed by atoms with E-state index in [2.05, 4.69) is 21.0 Å². The van der Waals surface area contributed by atoms with Crippen LogP contribution in [0.25, 0.3) is 0 Å². The molecule has 1 aromatic carbocycles. The Morgan fingerprint density at radius 3 is 2.41 bits per heavy atom. The second kappa shape index (κ2) is 8.95. The third-order valence-corrected chi connectivity index (χ3v) is 4.18. The zero-order valence-electron chi connectivity index (χ0n) is 15.3. The zero-order chi connectivity index (χ0) is 20.9. The van der Waals surface area contributed by atoms with Crippen LogP contribution in [0.4, 0.5) is 29.3 Å². The fraction of sp³-hybridized carbons (Fsp3) is 0.389. The lowest BCUT2D eigenvalue weighted by Gasteiger charge is -2.12. The molecule has 0 saturated carbocycles. The van der Waals surface area contributed by atoms with Crippen molar-refractivity contribution in [2.24, 2.45) is 0 Å². The van der Waals surface area contributed by atoms with Crippen LogP contribution in [0.15, 0.2) is 36.5 Å². The number of aromatic nitrogens is 2. The first-order valence-electron chi connectivity index (χ1n) is 8.96. The summed E-state index contributed by atoms with van der Waals surface area (Å²) >= 11 is 0. The Morgan fingerprint density at radius 2 is 1.83 bits per heavy atom. The summed E-state index contributed by atoms with van der Waals surface area (Å²) in [5.41, 5.74) is -0.100. The third kappa shape index (κ3) is 6.21. The first-order valence-corrected chi connectivity index (χ1v) is 8.96. The molecule has 3 N–H and O–H groups in total. The minimum absolute atomic E-state index is 0.0420. The monoisotopic (exact) mass is 411 g/mol. The predicted octanol–water partition coefficient (Wildman–Crippen LogP) is 2.84. The SMILES string of the molecule is O=C(Cn1ccc(C(F)(F)F)n1)Nc1ccc(NC(=O)NCC2CCCO2)cc1. The molecule has 29 heavy (non-hydrogen) atoms. The van der Waals surface area contributed by atoms with Crippen molar-refractivity contribution in [3.63, 3.8) is 0 Å². The summed E-state index contributed by atoms with van der Waals surface area (Å²) in [6.45, 7) is 0.788. The minimum Gasteiger partial charge on any atom is -0.376 e. The van der Waals surface area contributed by atoms with Gasteiger partial charge in [0.15, 0.2) is 5.69 Å². The Kier molecular flexibility index (Phi) is 6.37. The maximum absolute atomic E-state index is 12.5. The lowest BCUT2D eigenvalue weighted by atomic mass is 10.2. The normalized spacial score (nSPS) is 16.4. The fourth-order valence-electron chi connectivity index (χ4n) is 2.77. The van der Waals surface area contributed by atoms with Crippen LogP contribution in [0.5, 0.6) is 0 Å². The van der Waals surface area contributed by atoms with Crippen molar-refractivity contribution in [3.05, 3.63) is 42.2 Å². The van der Waals surface area contributed by atoms with E-state index >= 15 is 0 Å². The zero-order valence-corrected chi connectivity index (χ0v) is 15.3. The van der Waals surface area contributed by atoms with Gasteiger partial charge < -0.3 is 20.7 Å². The van der Waals surface area contributed by atoms with Gasteiger partial charge in [-0.15, -0.1) is 0 Å². The number of carbonyl (C=O) groups excluding carboxylic acids is 2. The number of halogens is 3. The Hall–Kier alpha value is -3.08. The lowest BCUT2D eigenvalue weighted by Crippen LogP contribution is -2.35. The number of carbonyl (C=O) groups is 2. The third-order valence-electron chi connectivity index (χ3n) is 4.18. The molecule has 0 spiro atoms. The number of hydrogen-bond acceptors (Lipinski definition) is 4. The van der Waals surface area contributed by atoms with Crippen LogP contribution in [-0.4, -0.2) is 41.0 Å². The van der Waals surface area contributed by atoms with E-state index in [1.165, 1.54) is 0 Å². The van der Waals surface area contributed by atoms with Crippen molar-refractivity contribution < 1.29 is 27.5 Å². The van der Waals surface area contributed by atoms with Crippen LogP contribution in [0.2, 0.25) is 0 Å². The van der Waals surface area contributed by atoms with E-state index in [0.29, 0.717) is 24.5 Å². The molecule has 0 radical (unpaired) electrons.